The van der Waals surface area contributed by atoms with E-state index in [1.54, 1.807) is 0 Å². The molecule has 0 unspecified atom stereocenters. The third-order valence-corrected chi connectivity index (χ3v) is 7.15. The van der Waals surface area contributed by atoms with E-state index < -0.39 is 0 Å². The quantitative estimate of drug-likeness (QED) is 0.190. The standard InChI is InChI=1S/C29H19N2O2/c1-16-8-7-11-18-17-9-3-5-12-20(17)31-26-21(30(2)29(31)24(16)18)14-15-23-25(26)28-27(33-23)19-10-4-6-13-22(19)32-28/h3-15H,1-2H3/q+1. The van der Waals surface area contributed by atoms with Crippen LogP contribution in [0.25, 0.3) is 71.5 Å². The van der Waals surface area contributed by atoms with Gasteiger partial charge in [0.2, 0.25) is 0 Å². The number of furan rings is 2. The fraction of sp³-hybridized carbons (Fsp3) is 0.0690. The van der Waals surface area contributed by atoms with Crippen molar-refractivity contribution in [2.45, 2.75) is 6.92 Å². The molecule has 0 atom stereocenters. The summed E-state index contributed by atoms with van der Waals surface area (Å²) in [4.78, 5) is 0. The molecule has 0 aliphatic carbocycles. The van der Waals surface area contributed by atoms with E-state index in [9.17, 15) is 0 Å². The summed E-state index contributed by atoms with van der Waals surface area (Å²) in [5, 5.41) is 5.81. The first-order chi connectivity index (χ1) is 16.2. The number of hydrogen-bond acceptors (Lipinski definition) is 2. The number of benzene rings is 4. The van der Waals surface area contributed by atoms with Crippen molar-refractivity contribution < 1.29 is 13.4 Å². The van der Waals surface area contributed by atoms with Crippen LogP contribution in [-0.2, 0) is 7.05 Å². The largest absolute Gasteiger partial charge is 0.452 e. The van der Waals surface area contributed by atoms with Crippen molar-refractivity contribution in [3.05, 3.63) is 84.4 Å². The zero-order chi connectivity index (χ0) is 21.8. The minimum atomic E-state index is 0.811. The third kappa shape index (κ3) is 1.95. The topological polar surface area (TPSA) is 34.6 Å². The Kier molecular flexibility index (Phi) is 3.00. The van der Waals surface area contributed by atoms with Gasteiger partial charge in [-0.05, 0) is 42.8 Å². The van der Waals surface area contributed by atoms with E-state index in [1.165, 1.54) is 32.9 Å². The number of aryl methyl sites for hydroxylation is 2. The van der Waals surface area contributed by atoms with Gasteiger partial charge >= 0.3 is 0 Å². The predicted molar refractivity (Wildman–Crippen MR) is 133 cm³/mol. The minimum absolute atomic E-state index is 0.811. The van der Waals surface area contributed by atoms with Gasteiger partial charge in [0.25, 0.3) is 5.65 Å². The lowest BCUT2D eigenvalue weighted by Gasteiger charge is -2.06. The van der Waals surface area contributed by atoms with Crippen molar-refractivity contribution in [3.8, 4) is 0 Å². The molecule has 156 valence electrons. The number of aromatic nitrogens is 2. The van der Waals surface area contributed by atoms with E-state index in [-0.39, 0.29) is 0 Å². The van der Waals surface area contributed by atoms with Gasteiger partial charge in [0.05, 0.1) is 17.8 Å². The molecule has 0 saturated heterocycles. The lowest BCUT2D eigenvalue weighted by atomic mass is 10.0. The molecule has 0 spiro atoms. The van der Waals surface area contributed by atoms with Gasteiger partial charge in [0.1, 0.15) is 22.1 Å². The van der Waals surface area contributed by atoms with Crippen molar-refractivity contribution in [1.82, 2.24) is 4.40 Å². The van der Waals surface area contributed by atoms with Gasteiger partial charge in [-0.25, -0.2) is 4.57 Å². The van der Waals surface area contributed by atoms with Crippen LogP contribution in [0.3, 0.4) is 0 Å². The Morgan fingerprint density at radius 1 is 0.667 bits per heavy atom. The molecule has 4 aromatic heterocycles. The molecule has 4 heterocycles. The molecule has 33 heavy (non-hydrogen) atoms. The number of imidazole rings is 1. The fourth-order valence-electron chi connectivity index (χ4n) is 5.73. The molecule has 0 amide bonds. The van der Waals surface area contributed by atoms with Gasteiger partial charge in [0.15, 0.2) is 22.2 Å². The summed E-state index contributed by atoms with van der Waals surface area (Å²) in [6, 6.07) is 27.5. The van der Waals surface area contributed by atoms with E-state index in [1.807, 2.05) is 18.2 Å². The summed E-state index contributed by atoms with van der Waals surface area (Å²) < 4.78 is 17.5. The Balaban J connectivity index is 1.77. The van der Waals surface area contributed by atoms with Crippen LogP contribution in [0, 0.1) is 6.92 Å². The molecule has 0 fully saturated rings. The Bertz CT molecular complexity index is 2100. The zero-order valence-electron chi connectivity index (χ0n) is 18.2. The van der Waals surface area contributed by atoms with Crippen LogP contribution in [0.1, 0.15) is 5.56 Å². The molecule has 4 heteroatoms. The molecule has 0 aliphatic rings. The van der Waals surface area contributed by atoms with Crippen LogP contribution >= 0.6 is 0 Å². The maximum atomic E-state index is 6.38. The lowest BCUT2D eigenvalue weighted by Crippen LogP contribution is -2.27. The molecular formula is C29H19N2O2+. The number of fused-ring (bicyclic) bond motifs is 14. The highest BCUT2D eigenvalue weighted by Gasteiger charge is 2.29. The van der Waals surface area contributed by atoms with Crippen molar-refractivity contribution in [2.75, 3.05) is 0 Å². The zero-order valence-corrected chi connectivity index (χ0v) is 18.2. The Morgan fingerprint density at radius 2 is 1.42 bits per heavy atom. The molecule has 4 aromatic carbocycles. The lowest BCUT2D eigenvalue weighted by molar-refractivity contribution is -0.617. The highest BCUT2D eigenvalue weighted by molar-refractivity contribution is 6.22. The van der Waals surface area contributed by atoms with Crippen molar-refractivity contribution >= 4 is 71.5 Å². The summed E-state index contributed by atoms with van der Waals surface area (Å²) in [7, 11) is 2.15. The van der Waals surface area contributed by atoms with Gasteiger partial charge in [-0.1, -0.05) is 48.5 Å². The molecule has 8 aromatic rings. The highest BCUT2D eigenvalue weighted by atomic mass is 16.4. The second-order valence-electron chi connectivity index (χ2n) is 8.90. The Hall–Kier alpha value is -4.31. The van der Waals surface area contributed by atoms with Gasteiger partial charge in [-0.15, -0.1) is 0 Å². The number of pyridine rings is 1. The van der Waals surface area contributed by atoms with E-state index in [0.29, 0.717) is 0 Å². The summed E-state index contributed by atoms with van der Waals surface area (Å²) >= 11 is 0. The molecule has 0 aliphatic heterocycles. The third-order valence-electron chi connectivity index (χ3n) is 7.15. The average molecular weight is 427 g/mol. The van der Waals surface area contributed by atoms with Crippen molar-refractivity contribution in [2.24, 2.45) is 7.05 Å². The molecule has 0 bridgehead atoms. The highest BCUT2D eigenvalue weighted by Crippen LogP contribution is 2.41. The van der Waals surface area contributed by atoms with E-state index in [2.05, 4.69) is 83.6 Å². The Morgan fingerprint density at radius 3 is 2.33 bits per heavy atom. The first kappa shape index (κ1) is 17.3. The fourth-order valence-corrected chi connectivity index (χ4v) is 5.73. The normalized spacial score (nSPS) is 12.5. The summed E-state index contributed by atoms with van der Waals surface area (Å²) in [6.07, 6.45) is 0. The first-order valence-electron chi connectivity index (χ1n) is 11.2. The molecule has 0 radical (unpaired) electrons. The minimum Gasteiger partial charge on any atom is -0.452 e. The van der Waals surface area contributed by atoms with E-state index in [0.717, 1.165) is 44.1 Å². The van der Waals surface area contributed by atoms with Gasteiger partial charge in [-0.2, -0.15) is 4.40 Å². The summed E-state index contributed by atoms with van der Waals surface area (Å²) in [6.45, 7) is 2.19. The summed E-state index contributed by atoms with van der Waals surface area (Å²) in [5.74, 6) is 0. The van der Waals surface area contributed by atoms with Crippen LogP contribution in [0.5, 0.6) is 0 Å². The van der Waals surface area contributed by atoms with Gasteiger partial charge in [-0.3, -0.25) is 0 Å². The maximum absolute atomic E-state index is 6.38. The second-order valence-corrected chi connectivity index (χ2v) is 8.90. The van der Waals surface area contributed by atoms with Gasteiger partial charge in [0, 0.05) is 10.8 Å². The van der Waals surface area contributed by atoms with E-state index >= 15 is 0 Å². The monoisotopic (exact) mass is 427 g/mol. The number of nitrogens with zero attached hydrogens (tertiary/aromatic N) is 2. The predicted octanol–water partition coefficient (Wildman–Crippen LogP) is 7.18. The van der Waals surface area contributed by atoms with Crippen molar-refractivity contribution in [3.63, 3.8) is 0 Å². The number of para-hydroxylation sites is 2. The average Bonchev–Trinajstić information content (AvgIpc) is 3.47. The van der Waals surface area contributed by atoms with Crippen LogP contribution in [-0.4, -0.2) is 4.40 Å². The van der Waals surface area contributed by atoms with E-state index in [4.69, 9.17) is 8.83 Å². The smallest absolute Gasteiger partial charge is 0.295 e. The van der Waals surface area contributed by atoms with Gasteiger partial charge < -0.3 is 8.83 Å². The van der Waals surface area contributed by atoms with Crippen molar-refractivity contribution in [1.29, 1.82) is 0 Å². The van der Waals surface area contributed by atoms with Crippen LogP contribution in [0.4, 0.5) is 0 Å². The number of rotatable bonds is 0. The SMILES string of the molecule is Cc1cccc2c3ccccc3n3c4c5c(ccc4[n+](C)c3c12)oc1c2ccccc2oc15. The molecule has 4 nitrogen and oxygen atoms in total. The molecular weight excluding hydrogens is 408 g/mol. The maximum Gasteiger partial charge on any atom is 0.295 e. The second kappa shape index (κ2) is 5.73. The molecule has 0 N–H and O–H groups in total. The van der Waals surface area contributed by atoms with Crippen LogP contribution in [0.2, 0.25) is 0 Å². The molecule has 8 rings (SSSR count). The summed E-state index contributed by atoms with van der Waals surface area (Å²) in [5.41, 5.74) is 9.19. The Labute approximate surface area is 187 Å². The van der Waals surface area contributed by atoms with Crippen LogP contribution in [0.15, 0.2) is 87.7 Å². The first-order valence-corrected chi connectivity index (χ1v) is 11.2. The van der Waals surface area contributed by atoms with Crippen LogP contribution < -0.4 is 4.57 Å². The molecule has 0 saturated carbocycles. The number of hydrogen-bond donors (Lipinski definition) is 0.